The maximum Gasteiger partial charge on any atom is 0.258 e. The average molecular weight is 451 g/mol. The van der Waals surface area contributed by atoms with Crippen LogP contribution < -0.4 is 10.1 Å². The van der Waals surface area contributed by atoms with Gasteiger partial charge in [0.25, 0.3) is 5.91 Å². The minimum absolute atomic E-state index is 0.0572. The minimum Gasteiger partial charge on any atom is -0.483 e. The van der Waals surface area contributed by atoms with Crippen LogP contribution in [0.5, 0.6) is 5.75 Å². The molecule has 1 N–H and O–H groups in total. The maximum atomic E-state index is 12.4. The van der Waals surface area contributed by atoms with E-state index in [-0.39, 0.29) is 18.6 Å². The van der Waals surface area contributed by atoms with E-state index in [0.29, 0.717) is 5.75 Å². The number of hydrogen-bond acceptors (Lipinski definition) is 4. The van der Waals surface area contributed by atoms with Crippen LogP contribution in [0.4, 0.5) is 0 Å². The number of nitrogens with zero attached hydrogens (tertiary/aromatic N) is 3. The summed E-state index contributed by atoms with van der Waals surface area (Å²) in [6, 6.07) is 19.5. The second-order valence-electron chi connectivity index (χ2n) is 6.61. The van der Waals surface area contributed by atoms with E-state index < -0.39 is 0 Å². The molecule has 0 spiro atoms. The number of carbonyl (C=O) groups is 1. The van der Waals surface area contributed by atoms with Crippen LogP contribution in [0.15, 0.2) is 77.8 Å². The molecular weight excluding hydrogens is 432 g/mol. The first-order chi connectivity index (χ1) is 14.1. The van der Waals surface area contributed by atoms with E-state index in [1.54, 1.807) is 11.0 Å². The molecule has 1 amide bonds. The molecular formula is C22H19BrN4O2. The quantitative estimate of drug-likeness (QED) is 0.471. The standard InChI is InChI=1S/C22H19BrN4O2/c1-15(16-6-9-18(10-7-16)27-14-24-13-25-27)26-21(28)12-29-20-11-8-17-4-2-3-5-19(17)22(20)23/h2-11,13-15H,12H2,1H3,(H,26,28). The SMILES string of the molecule is CC(NC(=O)COc1ccc2ccccc2c1Br)c1ccc(-n2cncn2)cc1. The number of halogens is 1. The number of rotatable bonds is 6. The maximum absolute atomic E-state index is 12.4. The van der Waals surface area contributed by atoms with Crippen LogP contribution in [0.2, 0.25) is 0 Å². The number of amides is 1. The fourth-order valence-corrected chi connectivity index (χ4v) is 3.70. The van der Waals surface area contributed by atoms with Crippen molar-refractivity contribution >= 4 is 32.6 Å². The molecule has 0 bridgehead atoms. The van der Waals surface area contributed by atoms with E-state index in [4.69, 9.17) is 4.74 Å². The zero-order valence-corrected chi connectivity index (χ0v) is 17.3. The van der Waals surface area contributed by atoms with Gasteiger partial charge >= 0.3 is 0 Å². The summed E-state index contributed by atoms with van der Waals surface area (Å²) >= 11 is 3.57. The molecule has 1 atom stereocenters. The molecule has 0 fully saturated rings. The molecule has 29 heavy (non-hydrogen) atoms. The zero-order valence-electron chi connectivity index (χ0n) is 15.7. The Labute approximate surface area is 176 Å². The Kier molecular flexibility index (Phi) is 5.57. The molecule has 4 aromatic rings. The highest BCUT2D eigenvalue weighted by atomic mass is 79.9. The van der Waals surface area contributed by atoms with Crippen molar-refractivity contribution in [1.29, 1.82) is 0 Å². The topological polar surface area (TPSA) is 69.0 Å². The lowest BCUT2D eigenvalue weighted by molar-refractivity contribution is -0.123. The van der Waals surface area contributed by atoms with Crippen molar-refractivity contribution in [3.8, 4) is 11.4 Å². The van der Waals surface area contributed by atoms with Gasteiger partial charge in [0.1, 0.15) is 18.4 Å². The Morgan fingerprint density at radius 2 is 1.93 bits per heavy atom. The van der Waals surface area contributed by atoms with Crippen molar-refractivity contribution < 1.29 is 9.53 Å². The van der Waals surface area contributed by atoms with Gasteiger partial charge in [-0.3, -0.25) is 4.79 Å². The van der Waals surface area contributed by atoms with E-state index in [2.05, 4.69) is 31.3 Å². The molecule has 0 aliphatic rings. The van der Waals surface area contributed by atoms with Crippen LogP contribution >= 0.6 is 15.9 Å². The van der Waals surface area contributed by atoms with Crippen molar-refractivity contribution in [1.82, 2.24) is 20.1 Å². The third kappa shape index (κ3) is 4.30. The average Bonchev–Trinajstić information content (AvgIpc) is 3.28. The Hall–Kier alpha value is -3.19. The number of hydrogen-bond donors (Lipinski definition) is 1. The highest BCUT2D eigenvalue weighted by Crippen LogP contribution is 2.33. The molecule has 0 aliphatic carbocycles. The molecule has 1 unspecified atom stereocenters. The minimum atomic E-state index is -0.182. The number of carbonyl (C=O) groups excluding carboxylic acids is 1. The summed E-state index contributed by atoms with van der Waals surface area (Å²) in [5.41, 5.74) is 1.91. The fourth-order valence-electron chi connectivity index (χ4n) is 3.09. The number of aromatic nitrogens is 3. The van der Waals surface area contributed by atoms with Crippen molar-refractivity contribution in [2.45, 2.75) is 13.0 Å². The molecule has 0 aliphatic heterocycles. The van der Waals surface area contributed by atoms with Crippen molar-refractivity contribution in [3.05, 3.63) is 83.4 Å². The molecule has 3 aromatic carbocycles. The van der Waals surface area contributed by atoms with Crippen LogP contribution in [0, 0.1) is 0 Å². The first kappa shape index (κ1) is 19.1. The lowest BCUT2D eigenvalue weighted by atomic mass is 10.1. The summed E-state index contributed by atoms with van der Waals surface area (Å²) in [7, 11) is 0. The molecule has 4 rings (SSSR count). The lowest BCUT2D eigenvalue weighted by Gasteiger charge is -2.16. The van der Waals surface area contributed by atoms with Crippen LogP contribution in [-0.2, 0) is 4.79 Å². The molecule has 1 heterocycles. The number of nitrogens with one attached hydrogen (secondary N) is 1. The van der Waals surface area contributed by atoms with Gasteiger partial charge in [0, 0.05) is 0 Å². The van der Waals surface area contributed by atoms with Gasteiger partial charge in [0.15, 0.2) is 6.61 Å². The second-order valence-corrected chi connectivity index (χ2v) is 7.40. The van der Waals surface area contributed by atoms with Gasteiger partial charge in [-0.1, -0.05) is 42.5 Å². The highest BCUT2D eigenvalue weighted by Gasteiger charge is 2.12. The predicted molar refractivity (Wildman–Crippen MR) is 115 cm³/mol. The summed E-state index contributed by atoms with van der Waals surface area (Å²) in [5, 5.41) is 9.23. The van der Waals surface area contributed by atoms with Gasteiger partial charge in [0.2, 0.25) is 0 Å². The molecule has 0 saturated heterocycles. The normalized spacial score (nSPS) is 11.9. The number of ether oxygens (including phenoxy) is 1. The monoisotopic (exact) mass is 450 g/mol. The molecule has 0 saturated carbocycles. The van der Waals surface area contributed by atoms with E-state index in [9.17, 15) is 4.79 Å². The summed E-state index contributed by atoms with van der Waals surface area (Å²) < 4.78 is 8.26. The Bertz CT molecular complexity index is 1130. The summed E-state index contributed by atoms with van der Waals surface area (Å²) in [6.45, 7) is 1.88. The summed E-state index contributed by atoms with van der Waals surface area (Å²) in [4.78, 5) is 16.3. The van der Waals surface area contributed by atoms with Crippen molar-refractivity contribution in [2.24, 2.45) is 0 Å². The summed E-state index contributed by atoms with van der Waals surface area (Å²) in [6.07, 6.45) is 3.13. The first-order valence-electron chi connectivity index (χ1n) is 9.16. The molecule has 1 aromatic heterocycles. The van der Waals surface area contributed by atoms with Crippen LogP contribution in [0.1, 0.15) is 18.5 Å². The van der Waals surface area contributed by atoms with Crippen LogP contribution in [-0.4, -0.2) is 27.3 Å². The predicted octanol–water partition coefficient (Wildman–Crippen LogP) is 4.44. The molecule has 146 valence electrons. The number of benzene rings is 3. The fraction of sp³-hybridized carbons (Fsp3) is 0.136. The zero-order chi connectivity index (χ0) is 20.2. The van der Waals surface area contributed by atoms with Gasteiger partial charge < -0.3 is 10.1 Å². The highest BCUT2D eigenvalue weighted by molar-refractivity contribution is 9.10. The number of fused-ring (bicyclic) bond motifs is 1. The van der Waals surface area contributed by atoms with E-state index in [1.807, 2.05) is 67.6 Å². The van der Waals surface area contributed by atoms with E-state index in [1.165, 1.54) is 6.33 Å². The third-order valence-electron chi connectivity index (χ3n) is 4.64. The third-order valence-corrected chi connectivity index (χ3v) is 5.46. The first-order valence-corrected chi connectivity index (χ1v) is 9.95. The second kappa shape index (κ2) is 8.45. The van der Waals surface area contributed by atoms with Crippen LogP contribution in [0.25, 0.3) is 16.5 Å². The molecule has 0 radical (unpaired) electrons. The lowest BCUT2D eigenvalue weighted by Crippen LogP contribution is -2.31. The molecule has 6 nitrogen and oxygen atoms in total. The smallest absolute Gasteiger partial charge is 0.258 e. The van der Waals surface area contributed by atoms with Gasteiger partial charge in [-0.2, -0.15) is 5.10 Å². The van der Waals surface area contributed by atoms with Crippen LogP contribution in [0.3, 0.4) is 0 Å². The van der Waals surface area contributed by atoms with Gasteiger partial charge in [-0.15, -0.1) is 0 Å². The largest absolute Gasteiger partial charge is 0.483 e. The Morgan fingerprint density at radius 1 is 1.14 bits per heavy atom. The van der Waals surface area contributed by atoms with E-state index >= 15 is 0 Å². The summed E-state index contributed by atoms with van der Waals surface area (Å²) in [5.74, 6) is 0.460. The van der Waals surface area contributed by atoms with Gasteiger partial charge in [-0.05, 0) is 57.4 Å². The molecule has 7 heteroatoms. The van der Waals surface area contributed by atoms with Crippen molar-refractivity contribution in [2.75, 3.05) is 6.61 Å². The van der Waals surface area contributed by atoms with Crippen molar-refractivity contribution in [3.63, 3.8) is 0 Å². The van der Waals surface area contributed by atoms with Gasteiger partial charge in [0.05, 0.1) is 16.2 Å². The Morgan fingerprint density at radius 3 is 2.69 bits per heavy atom. The van der Waals surface area contributed by atoms with Gasteiger partial charge in [-0.25, -0.2) is 9.67 Å². The Balaban J connectivity index is 1.36. The van der Waals surface area contributed by atoms with E-state index in [0.717, 1.165) is 26.5 Å².